The summed E-state index contributed by atoms with van der Waals surface area (Å²) in [6.45, 7) is 2.13. The van der Waals surface area contributed by atoms with Gasteiger partial charge in [-0.1, -0.05) is 25.5 Å². The minimum Gasteiger partial charge on any atom is -0.349 e. The SMILES string of the molecule is CCc1ccc(C(=O)NC2C3CCCC2CC(N)C3)cc1. The number of nitrogens with two attached hydrogens (primary N) is 1. The van der Waals surface area contributed by atoms with Crippen LogP contribution in [0.25, 0.3) is 0 Å². The van der Waals surface area contributed by atoms with E-state index in [1.165, 1.54) is 24.8 Å². The van der Waals surface area contributed by atoms with Gasteiger partial charge in [-0.25, -0.2) is 0 Å². The van der Waals surface area contributed by atoms with Gasteiger partial charge in [-0.2, -0.15) is 0 Å². The van der Waals surface area contributed by atoms with Crippen molar-refractivity contribution in [3.8, 4) is 0 Å². The zero-order chi connectivity index (χ0) is 14.8. The average molecular weight is 286 g/mol. The molecule has 0 aliphatic heterocycles. The minimum atomic E-state index is 0.0787. The van der Waals surface area contributed by atoms with E-state index in [-0.39, 0.29) is 5.91 Å². The lowest BCUT2D eigenvalue weighted by atomic mass is 9.67. The Bertz CT molecular complexity index is 482. The van der Waals surface area contributed by atoms with Gasteiger partial charge >= 0.3 is 0 Å². The Kier molecular flexibility index (Phi) is 4.29. The number of aryl methyl sites for hydroxylation is 1. The fourth-order valence-corrected chi connectivity index (χ4v) is 4.15. The first kappa shape index (κ1) is 14.6. The van der Waals surface area contributed by atoms with Crippen LogP contribution in [-0.2, 0) is 6.42 Å². The van der Waals surface area contributed by atoms with Gasteiger partial charge in [0.15, 0.2) is 0 Å². The molecule has 3 heteroatoms. The summed E-state index contributed by atoms with van der Waals surface area (Å²) in [5.74, 6) is 1.23. The summed E-state index contributed by atoms with van der Waals surface area (Å²) < 4.78 is 0. The molecule has 2 aliphatic rings. The highest BCUT2D eigenvalue weighted by atomic mass is 16.1. The van der Waals surface area contributed by atoms with Crippen molar-refractivity contribution >= 4 is 5.91 Å². The van der Waals surface area contributed by atoms with Gasteiger partial charge in [-0.05, 0) is 61.6 Å². The van der Waals surface area contributed by atoms with E-state index < -0.39 is 0 Å². The van der Waals surface area contributed by atoms with E-state index in [0.29, 0.717) is 23.9 Å². The number of hydrogen-bond donors (Lipinski definition) is 2. The van der Waals surface area contributed by atoms with Crippen LogP contribution in [0, 0.1) is 11.8 Å². The molecule has 2 atom stereocenters. The molecular weight excluding hydrogens is 260 g/mol. The molecule has 114 valence electrons. The first-order chi connectivity index (χ1) is 10.2. The van der Waals surface area contributed by atoms with Crippen molar-refractivity contribution in [3.05, 3.63) is 35.4 Å². The molecule has 0 saturated heterocycles. The number of carbonyl (C=O) groups is 1. The van der Waals surface area contributed by atoms with E-state index in [2.05, 4.69) is 12.2 Å². The zero-order valence-electron chi connectivity index (χ0n) is 12.8. The van der Waals surface area contributed by atoms with Crippen LogP contribution in [0.4, 0.5) is 0 Å². The third-order valence-electron chi connectivity index (χ3n) is 5.30. The van der Waals surface area contributed by atoms with Crippen molar-refractivity contribution in [2.24, 2.45) is 17.6 Å². The normalized spacial score (nSPS) is 31.7. The van der Waals surface area contributed by atoms with Gasteiger partial charge in [0.25, 0.3) is 5.91 Å². The second-order valence-electron chi connectivity index (χ2n) is 6.73. The number of rotatable bonds is 3. The van der Waals surface area contributed by atoms with Crippen molar-refractivity contribution in [2.45, 2.75) is 57.5 Å². The summed E-state index contributed by atoms with van der Waals surface area (Å²) in [7, 11) is 0. The molecule has 1 aromatic rings. The van der Waals surface area contributed by atoms with Gasteiger partial charge in [0.1, 0.15) is 0 Å². The molecule has 0 spiro atoms. The van der Waals surface area contributed by atoms with Crippen LogP contribution in [-0.4, -0.2) is 18.0 Å². The third-order valence-corrected chi connectivity index (χ3v) is 5.30. The third kappa shape index (κ3) is 3.13. The van der Waals surface area contributed by atoms with Gasteiger partial charge in [-0.3, -0.25) is 4.79 Å². The Morgan fingerprint density at radius 3 is 2.38 bits per heavy atom. The van der Waals surface area contributed by atoms with Crippen LogP contribution in [0.5, 0.6) is 0 Å². The number of nitrogens with one attached hydrogen (secondary N) is 1. The molecule has 1 aromatic carbocycles. The molecule has 2 fully saturated rings. The number of benzene rings is 1. The Hall–Kier alpha value is -1.35. The zero-order valence-corrected chi connectivity index (χ0v) is 12.8. The highest BCUT2D eigenvalue weighted by Crippen LogP contribution is 2.39. The van der Waals surface area contributed by atoms with Crippen LogP contribution in [0.15, 0.2) is 24.3 Å². The molecule has 3 N–H and O–H groups in total. The smallest absolute Gasteiger partial charge is 0.251 e. The monoisotopic (exact) mass is 286 g/mol. The average Bonchev–Trinajstić information content (AvgIpc) is 2.48. The molecular formula is C18H26N2O. The summed E-state index contributed by atoms with van der Waals surface area (Å²) in [6.07, 6.45) is 6.85. The molecule has 0 radical (unpaired) electrons. The maximum atomic E-state index is 12.5. The van der Waals surface area contributed by atoms with Crippen LogP contribution in [0.2, 0.25) is 0 Å². The Labute approximate surface area is 127 Å². The van der Waals surface area contributed by atoms with E-state index in [9.17, 15) is 4.79 Å². The van der Waals surface area contributed by atoms with Crippen molar-refractivity contribution < 1.29 is 4.79 Å². The fraction of sp³-hybridized carbons (Fsp3) is 0.611. The molecule has 1 amide bonds. The van der Waals surface area contributed by atoms with Crippen LogP contribution >= 0.6 is 0 Å². The summed E-state index contributed by atoms with van der Waals surface area (Å²) in [4.78, 5) is 12.5. The molecule has 2 saturated carbocycles. The van der Waals surface area contributed by atoms with Gasteiger partial charge in [-0.15, -0.1) is 0 Å². The highest BCUT2D eigenvalue weighted by Gasteiger charge is 2.39. The summed E-state index contributed by atoms with van der Waals surface area (Å²) >= 11 is 0. The largest absolute Gasteiger partial charge is 0.349 e. The fourth-order valence-electron chi connectivity index (χ4n) is 4.15. The van der Waals surface area contributed by atoms with Gasteiger partial charge in [0.05, 0.1) is 0 Å². The van der Waals surface area contributed by atoms with Crippen LogP contribution < -0.4 is 11.1 Å². The summed E-state index contributed by atoms with van der Waals surface area (Å²) in [5.41, 5.74) is 8.20. The second kappa shape index (κ2) is 6.18. The lowest BCUT2D eigenvalue weighted by Crippen LogP contribution is -2.53. The van der Waals surface area contributed by atoms with E-state index in [0.717, 1.165) is 24.8 Å². The first-order valence-electron chi connectivity index (χ1n) is 8.32. The predicted octanol–water partition coefficient (Wildman–Crippen LogP) is 2.88. The lowest BCUT2D eigenvalue weighted by molar-refractivity contribution is 0.0756. The molecule has 0 heterocycles. The highest BCUT2D eigenvalue weighted by molar-refractivity contribution is 5.94. The molecule has 0 aromatic heterocycles. The van der Waals surface area contributed by atoms with E-state index >= 15 is 0 Å². The Balaban J connectivity index is 1.68. The number of amides is 1. The standard InChI is InChI=1S/C18H26N2O/c1-2-12-6-8-13(9-7-12)18(21)20-17-14-4-3-5-15(17)11-16(19)10-14/h6-9,14-17H,2-5,10-11,19H2,1H3,(H,20,21). The van der Waals surface area contributed by atoms with Gasteiger partial charge in [0, 0.05) is 17.6 Å². The molecule has 21 heavy (non-hydrogen) atoms. The van der Waals surface area contributed by atoms with Crippen molar-refractivity contribution in [3.63, 3.8) is 0 Å². The lowest BCUT2D eigenvalue weighted by Gasteiger charge is -2.45. The molecule has 3 nitrogen and oxygen atoms in total. The summed E-state index contributed by atoms with van der Waals surface area (Å²) in [5, 5.41) is 3.30. The second-order valence-corrected chi connectivity index (χ2v) is 6.73. The van der Waals surface area contributed by atoms with Crippen molar-refractivity contribution in [2.75, 3.05) is 0 Å². The van der Waals surface area contributed by atoms with E-state index in [4.69, 9.17) is 5.73 Å². The van der Waals surface area contributed by atoms with Crippen molar-refractivity contribution in [1.29, 1.82) is 0 Å². The van der Waals surface area contributed by atoms with Crippen LogP contribution in [0.1, 0.15) is 54.9 Å². The predicted molar refractivity (Wildman–Crippen MR) is 85.1 cm³/mol. The Morgan fingerprint density at radius 1 is 1.19 bits per heavy atom. The maximum Gasteiger partial charge on any atom is 0.251 e. The maximum absolute atomic E-state index is 12.5. The van der Waals surface area contributed by atoms with E-state index in [1.54, 1.807) is 0 Å². The van der Waals surface area contributed by atoms with Crippen molar-refractivity contribution in [1.82, 2.24) is 5.32 Å². The molecule has 2 unspecified atom stereocenters. The summed E-state index contributed by atoms with van der Waals surface area (Å²) in [6, 6.07) is 8.64. The molecule has 3 rings (SSSR count). The van der Waals surface area contributed by atoms with Crippen LogP contribution in [0.3, 0.4) is 0 Å². The molecule has 2 aliphatic carbocycles. The number of fused-ring (bicyclic) bond motifs is 2. The van der Waals surface area contributed by atoms with Gasteiger partial charge < -0.3 is 11.1 Å². The Morgan fingerprint density at radius 2 is 1.81 bits per heavy atom. The van der Waals surface area contributed by atoms with E-state index in [1.807, 2.05) is 24.3 Å². The first-order valence-corrected chi connectivity index (χ1v) is 8.32. The molecule has 2 bridgehead atoms. The van der Waals surface area contributed by atoms with Gasteiger partial charge in [0.2, 0.25) is 0 Å². The quantitative estimate of drug-likeness (QED) is 0.897. The number of hydrogen-bond acceptors (Lipinski definition) is 2. The minimum absolute atomic E-state index is 0.0787. The topological polar surface area (TPSA) is 55.1 Å². The number of carbonyl (C=O) groups excluding carboxylic acids is 1.